The average molecular weight is 291 g/mol. The molecule has 1 aromatic heterocycles. The smallest absolute Gasteiger partial charge is 0.0915 e. The summed E-state index contributed by atoms with van der Waals surface area (Å²) in [4.78, 5) is 3.94. The SMILES string of the molecule is Cc1cc(Cl)cc(C)c1CNCC(O)c1ccncc1. The molecule has 2 N–H and O–H groups in total. The Bertz CT molecular complexity index is 549. The van der Waals surface area contributed by atoms with E-state index in [0.29, 0.717) is 6.54 Å². The number of nitrogens with zero attached hydrogens (tertiary/aromatic N) is 1. The van der Waals surface area contributed by atoms with Gasteiger partial charge in [-0.1, -0.05) is 11.6 Å². The molecule has 1 heterocycles. The molecule has 3 nitrogen and oxygen atoms in total. The fraction of sp³-hybridized carbons (Fsp3) is 0.312. The van der Waals surface area contributed by atoms with E-state index in [1.165, 1.54) is 16.7 Å². The van der Waals surface area contributed by atoms with Gasteiger partial charge < -0.3 is 10.4 Å². The van der Waals surface area contributed by atoms with Crippen LogP contribution in [0.5, 0.6) is 0 Å². The van der Waals surface area contributed by atoms with Gasteiger partial charge in [0, 0.05) is 30.5 Å². The largest absolute Gasteiger partial charge is 0.387 e. The molecule has 0 bridgehead atoms. The fourth-order valence-corrected chi connectivity index (χ4v) is 2.58. The standard InChI is InChI=1S/C16H19ClN2O/c1-11-7-14(17)8-12(2)15(11)9-19-10-16(20)13-3-5-18-6-4-13/h3-8,16,19-20H,9-10H2,1-2H3. The van der Waals surface area contributed by atoms with Gasteiger partial charge in [0.15, 0.2) is 0 Å². The normalized spacial score (nSPS) is 12.4. The van der Waals surface area contributed by atoms with Crippen LogP contribution < -0.4 is 5.32 Å². The monoisotopic (exact) mass is 290 g/mol. The number of benzene rings is 1. The molecule has 20 heavy (non-hydrogen) atoms. The van der Waals surface area contributed by atoms with E-state index in [0.717, 1.165) is 17.1 Å². The Kier molecular flexibility index (Phi) is 5.12. The predicted octanol–water partition coefficient (Wildman–Crippen LogP) is 3.18. The number of pyridine rings is 1. The number of hydrogen-bond donors (Lipinski definition) is 2. The molecule has 1 aromatic carbocycles. The number of halogens is 1. The molecule has 2 aromatic rings. The molecule has 0 fully saturated rings. The average Bonchev–Trinajstić information content (AvgIpc) is 2.42. The molecule has 1 atom stereocenters. The van der Waals surface area contributed by atoms with Crippen LogP contribution in [-0.2, 0) is 6.54 Å². The van der Waals surface area contributed by atoms with E-state index < -0.39 is 6.10 Å². The molecule has 0 aliphatic carbocycles. The topological polar surface area (TPSA) is 45.1 Å². The summed E-state index contributed by atoms with van der Waals surface area (Å²) < 4.78 is 0. The van der Waals surface area contributed by atoms with E-state index in [9.17, 15) is 5.11 Å². The first-order valence-corrected chi connectivity index (χ1v) is 7.00. The molecule has 0 aliphatic heterocycles. The quantitative estimate of drug-likeness (QED) is 0.889. The van der Waals surface area contributed by atoms with E-state index >= 15 is 0 Å². The van der Waals surface area contributed by atoms with Crippen molar-refractivity contribution in [3.05, 3.63) is 63.9 Å². The lowest BCUT2D eigenvalue weighted by Crippen LogP contribution is -2.22. The van der Waals surface area contributed by atoms with Crippen LogP contribution >= 0.6 is 11.6 Å². The second kappa shape index (κ2) is 6.84. The first-order valence-electron chi connectivity index (χ1n) is 6.62. The number of aliphatic hydroxyl groups excluding tert-OH is 1. The van der Waals surface area contributed by atoms with Crippen molar-refractivity contribution in [1.29, 1.82) is 0 Å². The fourth-order valence-electron chi connectivity index (χ4n) is 2.26. The Morgan fingerprint density at radius 1 is 1.20 bits per heavy atom. The van der Waals surface area contributed by atoms with Crippen LogP contribution in [0.3, 0.4) is 0 Å². The second-order valence-corrected chi connectivity index (χ2v) is 5.38. The molecule has 0 amide bonds. The lowest BCUT2D eigenvalue weighted by atomic mass is 10.0. The summed E-state index contributed by atoms with van der Waals surface area (Å²) >= 11 is 6.02. The highest BCUT2D eigenvalue weighted by Crippen LogP contribution is 2.20. The van der Waals surface area contributed by atoms with Crippen LogP contribution in [-0.4, -0.2) is 16.6 Å². The summed E-state index contributed by atoms with van der Waals surface area (Å²) in [5.74, 6) is 0. The van der Waals surface area contributed by atoms with Crippen molar-refractivity contribution in [3.63, 3.8) is 0 Å². The molecule has 1 unspecified atom stereocenters. The molecular formula is C16H19ClN2O. The van der Waals surface area contributed by atoms with Crippen LogP contribution in [0.1, 0.15) is 28.4 Å². The molecule has 0 saturated carbocycles. The highest BCUT2D eigenvalue weighted by Gasteiger charge is 2.08. The van der Waals surface area contributed by atoms with Gasteiger partial charge in [-0.05, 0) is 60.4 Å². The molecule has 4 heteroatoms. The summed E-state index contributed by atoms with van der Waals surface area (Å²) in [5, 5.41) is 14.1. The molecule has 0 spiro atoms. The van der Waals surface area contributed by atoms with Crippen molar-refractivity contribution in [1.82, 2.24) is 10.3 Å². The minimum absolute atomic E-state index is 0.505. The number of nitrogens with one attached hydrogen (secondary N) is 1. The van der Waals surface area contributed by atoms with Crippen molar-refractivity contribution in [2.45, 2.75) is 26.5 Å². The maximum Gasteiger partial charge on any atom is 0.0915 e. The van der Waals surface area contributed by atoms with Crippen molar-refractivity contribution >= 4 is 11.6 Å². The minimum Gasteiger partial charge on any atom is -0.387 e. The minimum atomic E-state index is -0.522. The van der Waals surface area contributed by atoms with E-state index in [4.69, 9.17) is 11.6 Å². The highest BCUT2D eigenvalue weighted by molar-refractivity contribution is 6.30. The Morgan fingerprint density at radius 3 is 2.40 bits per heavy atom. The third-order valence-corrected chi connectivity index (χ3v) is 3.61. The van der Waals surface area contributed by atoms with Crippen LogP contribution in [0, 0.1) is 13.8 Å². The maximum absolute atomic E-state index is 10.1. The first-order chi connectivity index (χ1) is 9.58. The van der Waals surface area contributed by atoms with E-state index in [1.54, 1.807) is 12.4 Å². The lowest BCUT2D eigenvalue weighted by Gasteiger charge is -2.15. The Morgan fingerprint density at radius 2 is 1.80 bits per heavy atom. The summed E-state index contributed by atoms with van der Waals surface area (Å²) in [6.07, 6.45) is 2.85. The van der Waals surface area contributed by atoms with Gasteiger partial charge in [0.1, 0.15) is 0 Å². The van der Waals surface area contributed by atoms with Gasteiger partial charge in [-0.15, -0.1) is 0 Å². The molecule has 106 valence electrons. The molecule has 2 rings (SSSR count). The van der Waals surface area contributed by atoms with E-state index in [-0.39, 0.29) is 0 Å². The van der Waals surface area contributed by atoms with Crippen LogP contribution in [0.2, 0.25) is 5.02 Å². The molecule has 0 aliphatic rings. The van der Waals surface area contributed by atoms with E-state index in [2.05, 4.69) is 24.1 Å². The zero-order valence-electron chi connectivity index (χ0n) is 11.7. The van der Waals surface area contributed by atoms with Gasteiger partial charge in [-0.25, -0.2) is 0 Å². The van der Waals surface area contributed by atoms with Crippen molar-refractivity contribution in [3.8, 4) is 0 Å². The number of hydrogen-bond acceptors (Lipinski definition) is 3. The summed E-state index contributed by atoms with van der Waals surface area (Å²) in [7, 11) is 0. The molecular weight excluding hydrogens is 272 g/mol. The number of aliphatic hydroxyl groups is 1. The van der Waals surface area contributed by atoms with Crippen LogP contribution in [0.4, 0.5) is 0 Å². The Hall–Kier alpha value is -1.42. The number of aryl methyl sites for hydroxylation is 2. The van der Waals surface area contributed by atoms with Gasteiger partial charge in [0.2, 0.25) is 0 Å². The van der Waals surface area contributed by atoms with Crippen LogP contribution in [0.25, 0.3) is 0 Å². The number of aromatic nitrogens is 1. The predicted molar refractivity (Wildman–Crippen MR) is 81.8 cm³/mol. The number of rotatable bonds is 5. The zero-order chi connectivity index (χ0) is 14.5. The van der Waals surface area contributed by atoms with Gasteiger partial charge in [-0.3, -0.25) is 4.98 Å². The van der Waals surface area contributed by atoms with Crippen molar-refractivity contribution < 1.29 is 5.11 Å². The third-order valence-electron chi connectivity index (χ3n) is 3.39. The zero-order valence-corrected chi connectivity index (χ0v) is 12.5. The lowest BCUT2D eigenvalue weighted by molar-refractivity contribution is 0.174. The van der Waals surface area contributed by atoms with Gasteiger partial charge in [0.05, 0.1) is 6.10 Å². The molecule has 0 saturated heterocycles. The maximum atomic E-state index is 10.1. The summed E-state index contributed by atoms with van der Waals surface area (Å²) in [6, 6.07) is 7.58. The summed E-state index contributed by atoms with van der Waals surface area (Å²) in [6.45, 7) is 5.33. The molecule has 0 radical (unpaired) electrons. The Balaban J connectivity index is 1.94. The van der Waals surface area contributed by atoms with Gasteiger partial charge >= 0.3 is 0 Å². The van der Waals surface area contributed by atoms with Crippen molar-refractivity contribution in [2.75, 3.05) is 6.54 Å². The van der Waals surface area contributed by atoms with Crippen LogP contribution in [0.15, 0.2) is 36.7 Å². The third kappa shape index (κ3) is 3.79. The highest BCUT2D eigenvalue weighted by atomic mass is 35.5. The van der Waals surface area contributed by atoms with Gasteiger partial charge in [-0.2, -0.15) is 0 Å². The van der Waals surface area contributed by atoms with Crippen molar-refractivity contribution in [2.24, 2.45) is 0 Å². The first kappa shape index (κ1) is 15.0. The van der Waals surface area contributed by atoms with Gasteiger partial charge in [0.25, 0.3) is 0 Å². The van der Waals surface area contributed by atoms with E-state index in [1.807, 2.05) is 24.3 Å². The summed E-state index contributed by atoms with van der Waals surface area (Å²) in [5.41, 5.74) is 4.44. The second-order valence-electron chi connectivity index (χ2n) is 4.95. The Labute approximate surface area is 124 Å².